The van der Waals surface area contributed by atoms with Crippen LogP contribution in [0.15, 0.2) is 72.9 Å². The van der Waals surface area contributed by atoms with Gasteiger partial charge in [0.1, 0.15) is 5.75 Å². The van der Waals surface area contributed by atoms with Crippen LogP contribution in [0.25, 0.3) is 0 Å². The van der Waals surface area contributed by atoms with Crippen molar-refractivity contribution in [1.82, 2.24) is 9.47 Å². The normalized spacial score (nSPS) is 15.9. The summed E-state index contributed by atoms with van der Waals surface area (Å²) < 4.78 is 7.77. The Morgan fingerprint density at radius 3 is 2.56 bits per heavy atom. The second-order valence-electron chi connectivity index (χ2n) is 6.52. The molecule has 4 rings (SSSR count). The minimum absolute atomic E-state index is 0.0902. The van der Waals surface area contributed by atoms with Crippen molar-refractivity contribution in [1.29, 1.82) is 0 Å². The van der Waals surface area contributed by atoms with Crippen LogP contribution in [0, 0.1) is 0 Å². The first-order chi connectivity index (χ1) is 13.3. The van der Waals surface area contributed by atoms with E-state index < -0.39 is 0 Å². The average Bonchev–Trinajstić information content (AvgIpc) is 3.18. The molecule has 138 valence electrons. The minimum Gasteiger partial charge on any atom is -0.494 e. The highest BCUT2D eigenvalue weighted by Gasteiger charge is 2.32. The molecule has 0 unspecified atom stereocenters. The Balaban J connectivity index is 1.64. The SMILES string of the molecule is CCOc1ccc([C@@H]2c3cccn3CCN2C(=O)Nc2ccccc2)cc1. The molecule has 0 fully saturated rings. The molecule has 0 saturated heterocycles. The van der Waals surface area contributed by atoms with Crippen molar-refractivity contribution in [2.24, 2.45) is 0 Å². The van der Waals surface area contributed by atoms with Gasteiger partial charge in [0.05, 0.1) is 12.6 Å². The number of anilines is 1. The second-order valence-corrected chi connectivity index (χ2v) is 6.52. The first-order valence-corrected chi connectivity index (χ1v) is 9.26. The molecule has 1 aliphatic rings. The van der Waals surface area contributed by atoms with Crippen LogP contribution in [0.4, 0.5) is 10.5 Å². The number of benzene rings is 2. The van der Waals surface area contributed by atoms with Crippen molar-refractivity contribution in [3.05, 3.63) is 84.2 Å². The molecule has 1 aromatic heterocycles. The molecule has 1 N–H and O–H groups in total. The molecule has 3 aromatic rings. The first-order valence-electron chi connectivity index (χ1n) is 9.26. The zero-order valence-corrected chi connectivity index (χ0v) is 15.3. The van der Waals surface area contributed by atoms with Gasteiger partial charge in [-0.15, -0.1) is 0 Å². The van der Waals surface area contributed by atoms with E-state index in [0.717, 1.165) is 29.2 Å². The number of para-hydroxylation sites is 1. The summed E-state index contributed by atoms with van der Waals surface area (Å²) in [6, 6.07) is 21.5. The van der Waals surface area contributed by atoms with Gasteiger partial charge in [0.15, 0.2) is 0 Å². The summed E-state index contributed by atoms with van der Waals surface area (Å²) in [7, 11) is 0. The molecule has 2 aromatic carbocycles. The summed E-state index contributed by atoms with van der Waals surface area (Å²) in [6.45, 7) is 4.05. The molecule has 2 heterocycles. The van der Waals surface area contributed by atoms with Gasteiger partial charge in [-0.05, 0) is 48.9 Å². The van der Waals surface area contributed by atoms with Gasteiger partial charge < -0.3 is 19.5 Å². The molecule has 0 aliphatic carbocycles. The van der Waals surface area contributed by atoms with Gasteiger partial charge in [-0.25, -0.2) is 4.79 Å². The van der Waals surface area contributed by atoms with Crippen LogP contribution >= 0.6 is 0 Å². The number of rotatable bonds is 4. The van der Waals surface area contributed by atoms with Gasteiger partial charge >= 0.3 is 6.03 Å². The maximum atomic E-state index is 13.0. The van der Waals surface area contributed by atoms with Crippen molar-refractivity contribution in [3.8, 4) is 5.75 Å². The first kappa shape index (κ1) is 17.2. The van der Waals surface area contributed by atoms with Gasteiger partial charge in [0.2, 0.25) is 0 Å². The van der Waals surface area contributed by atoms with Crippen LogP contribution in [-0.4, -0.2) is 28.6 Å². The predicted octanol–water partition coefficient (Wildman–Crippen LogP) is 4.52. The Morgan fingerprint density at radius 2 is 1.81 bits per heavy atom. The van der Waals surface area contributed by atoms with Crippen LogP contribution in [0.1, 0.15) is 24.2 Å². The third-order valence-corrected chi connectivity index (χ3v) is 4.83. The van der Waals surface area contributed by atoms with E-state index in [1.54, 1.807) is 0 Å². The molecule has 0 saturated carbocycles. The van der Waals surface area contributed by atoms with Crippen LogP contribution in [-0.2, 0) is 6.54 Å². The smallest absolute Gasteiger partial charge is 0.322 e. The summed E-state index contributed by atoms with van der Waals surface area (Å²) in [5, 5.41) is 3.02. The highest BCUT2D eigenvalue weighted by atomic mass is 16.5. The standard InChI is InChI=1S/C22H23N3O2/c1-2-27-19-12-10-17(11-13-19)21-20-9-6-14-24(20)15-16-25(21)22(26)23-18-7-4-3-5-8-18/h3-14,21H,2,15-16H2,1H3,(H,23,26)/t21-/m1/s1. The quantitative estimate of drug-likeness (QED) is 0.742. The number of aromatic nitrogens is 1. The van der Waals surface area contributed by atoms with E-state index in [1.165, 1.54) is 0 Å². The van der Waals surface area contributed by atoms with E-state index in [-0.39, 0.29) is 12.1 Å². The molecule has 2 amide bonds. The third-order valence-electron chi connectivity index (χ3n) is 4.83. The highest BCUT2D eigenvalue weighted by Crippen LogP contribution is 2.33. The van der Waals surface area contributed by atoms with Crippen molar-refractivity contribution >= 4 is 11.7 Å². The van der Waals surface area contributed by atoms with E-state index in [4.69, 9.17) is 4.74 Å². The lowest BCUT2D eigenvalue weighted by Gasteiger charge is -2.37. The van der Waals surface area contributed by atoms with Crippen LogP contribution < -0.4 is 10.1 Å². The number of carbonyl (C=O) groups is 1. The summed E-state index contributed by atoms with van der Waals surface area (Å²) in [4.78, 5) is 14.9. The number of hydrogen-bond donors (Lipinski definition) is 1. The fourth-order valence-electron chi connectivity index (χ4n) is 3.58. The van der Waals surface area contributed by atoms with Crippen molar-refractivity contribution < 1.29 is 9.53 Å². The molecule has 0 spiro atoms. The third kappa shape index (κ3) is 3.53. The lowest BCUT2D eigenvalue weighted by Crippen LogP contribution is -2.44. The van der Waals surface area contributed by atoms with Crippen molar-refractivity contribution in [3.63, 3.8) is 0 Å². The fraction of sp³-hybridized carbons (Fsp3) is 0.227. The van der Waals surface area contributed by atoms with E-state index >= 15 is 0 Å². The van der Waals surface area contributed by atoms with Crippen LogP contribution in [0.3, 0.4) is 0 Å². The number of carbonyl (C=O) groups excluding carboxylic acids is 1. The summed E-state index contributed by atoms with van der Waals surface area (Å²) >= 11 is 0. The van der Waals surface area contributed by atoms with Crippen molar-refractivity contribution in [2.75, 3.05) is 18.5 Å². The molecule has 1 aliphatic heterocycles. The molecular weight excluding hydrogens is 338 g/mol. The van der Waals surface area contributed by atoms with E-state index in [0.29, 0.717) is 13.2 Å². The molecule has 27 heavy (non-hydrogen) atoms. The number of urea groups is 1. The zero-order chi connectivity index (χ0) is 18.6. The number of nitrogens with zero attached hydrogens (tertiary/aromatic N) is 2. The molecule has 0 radical (unpaired) electrons. The number of nitrogens with one attached hydrogen (secondary N) is 1. The van der Waals surface area contributed by atoms with E-state index in [9.17, 15) is 4.79 Å². The number of amides is 2. The Bertz CT molecular complexity index is 903. The van der Waals surface area contributed by atoms with E-state index in [1.807, 2.05) is 72.5 Å². The monoisotopic (exact) mass is 361 g/mol. The highest BCUT2D eigenvalue weighted by molar-refractivity contribution is 5.90. The van der Waals surface area contributed by atoms with E-state index in [2.05, 4.69) is 22.1 Å². The Hall–Kier alpha value is -3.21. The predicted molar refractivity (Wildman–Crippen MR) is 106 cm³/mol. The second kappa shape index (κ2) is 7.58. The number of ether oxygens (including phenoxy) is 1. The van der Waals surface area contributed by atoms with Gasteiger partial charge in [-0.1, -0.05) is 30.3 Å². The zero-order valence-electron chi connectivity index (χ0n) is 15.3. The molecule has 0 bridgehead atoms. The maximum Gasteiger partial charge on any atom is 0.322 e. The Labute approximate surface area is 159 Å². The van der Waals surface area contributed by atoms with Crippen molar-refractivity contribution in [2.45, 2.75) is 19.5 Å². The number of fused-ring (bicyclic) bond motifs is 1. The topological polar surface area (TPSA) is 46.5 Å². The van der Waals surface area contributed by atoms with Gasteiger partial charge in [-0.3, -0.25) is 0 Å². The van der Waals surface area contributed by atoms with Gasteiger partial charge in [-0.2, -0.15) is 0 Å². The summed E-state index contributed by atoms with van der Waals surface area (Å²) in [5.41, 5.74) is 2.99. The Morgan fingerprint density at radius 1 is 1.04 bits per heavy atom. The van der Waals surface area contributed by atoms with Gasteiger partial charge in [0, 0.05) is 30.7 Å². The Kier molecular flexibility index (Phi) is 4.83. The molecule has 1 atom stereocenters. The lowest BCUT2D eigenvalue weighted by atomic mass is 10.00. The van der Waals surface area contributed by atoms with Crippen LogP contribution in [0.2, 0.25) is 0 Å². The fourth-order valence-corrected chi connectivity index (χ4v) is 3.58. The van der Waals surface area contributed by atoms with Crippen LogP contribution in [0.5, 0.6) is 5.75 Å². The molecule has 5 heteroatoms. The molecule has 5 nitrogen and oxygen atoms in total. The maximum absolute atomic E-state index is 13.0. The largest absolute Gasteiger partial charge is 0.494 e. The minimum atomic E-state index is -0.131. The lowest BCUT2D eigenvalue weighted by molar-refractivity contribution is 0.182. The average molecular weight is 361 g/mol. The summed E-state index contributed by atoms with van der Waals surface area (Å²) in [5.74, 6) is 0.840. The number of hydrogen-bond acceptors (Lipinski definition) is 2. The molecular formula is C22H23N3O2. The summed E-state index contributed by atoms with van der Waals surface area (Å²) in [6.07, 6.45) is 2.07. The van der Waals surface area contributed by atoms with Gasteiger partial charge in [0.25, 0.3) is 0 Å².